The van der Waals surface area contributed by atoms with E-state index in [4.69, 9.17) is 9.79 Å². The van der Waals surface area contributed by atoms with Crippen molar-refractivity contribution >= 4 is 22.6 Å². The first-order valence-corrected chi connectivity index (χ1v) is 5.77. The standard InChI is InChI=1S/AsH4O3P/c1-5(2,3)4/h1H2,(H2,2,3,4). The van der Waals surface area contributed by atoms with Crippen molar-refractivity contribution in [2.24, 2.45) is 0 Å². The average Bonchev–Trinajstić information content (AvgIpc) is 0.722. The van der Waals surface area contributed by atoms with Gasteiger partial charge in [-0.15, -0.1) is 0 Å². The molecular formula is H4AsO3P. The quantitative estimate of drug-likeness (QED) is 0.340. The van der Waals surface area contributed by atoms with E-state index in [0.29, 0.717) is 16.4 Å². The molecular weight excluding hydrogens is 154 g/mol. The van der Waals surface area contributed by atoms with Gasteiger partial charge in [-0.05, 0) is 0 Å². The molecule has 2 N–H and O–H groups in total. The molecule has 3 nitrogen and oxygen atoms in total. The summed E-state index contributed by atoms with van der Waals surface area (Å²) in [6.45, 7) is 0. The van der Waals surface area contributed by atoms with E-state index in [1.165, 1.54) is 0 Å². The Kier molecular flexibility index (Phi) is 1.64. The fourth-order valence-corrected chi connectivity index (χ4v) is 0. The predicted molar refractivity (Wildman–Crippen MR) is 20.6 cm³/mol. The van der Waals surface area contributed by atoms with Crippen LogP contribution in [0, 0.1) is 0 Å². The van der Waals surface area contributed by atoms with Crippen molar-refractivity contribution in [2.45, 2.75) is 0 Å². The zero-order valence-corrected chi connectivity index (χ0v) is 5.64. The van der Waals surface area contributed by atoms with Crippen LogP contribution >= 0.6 is 6.16 Å². The van der Waals surface area contributed by atoms with Crippen molar-refractivity contribution in [1.29, 1.82) is 0 Å². The van der Waals surface area contributed by atoms with E-state index in [1.54, 1.807) is 0 Å². The summed E-state index contributed by atoms with van der Waals surface area (Å²) in [5, 5.41) is 0. The number of hydrogen-bond donors (Lipinski definition) is 2. The summed E-state index contributed by atoms with van der Waals surface area (Å²) < 4.78 is 9.35. The molecule has 0 fully saturated rings. The van der Waals surface area contributed by atoms with E-state index in [1.807, 2.05) is 0 Å². The van der Waals surface area contributed by atoms with Gasteiger partial charge in [0.05, 0.1) is 0 Å². The zero-order valence-electron chi connectivity index (χ0n) is 2.33. The van der Waals surface area contributed by atoms with Gasteiger partial charge in [0, 0.05) is 0 Å². The van der Waals surface area contributed by atoms with Gasteiger partial charge in [-0.3, -0.25) is 0 Å². The molecule has 0 heterocycles. The molecule has 0 aromatic heterocycles. The third-order valence-corrected chi connectivity index (χ3v) is 0. The molecule has 1 atom stereocenters. The summed E-state index contributed by atoms with van der Waals surface area (Å²) in [6.07, 6.45) is -3.58. The summed E-state index contributed by atoms with van der Waals surface area (Å²) in [5.74, 6) is 0. The van der Waals surface area contributed by atoms with Crippen LogP contribution in [0.5, 0.6) is 0 Å². The van der Waals surface area contributed by atoms with E-state index in [2.05, 4.69) is 0 Å². The van der Waals surface area contributed by atoms with Gasteiger partial charge in [0.15, 0.2) is 0 Å². The topological polar surface area (TPSA) is 57.5 Å². The molecule has 0 aromatic carbocycles. The summed E-state index contributed by atoms with van der Waals surface area (Å²) in [7, 11) is 0. The molecule has 0 spiro atoms. The van der Waals surface area contributed by atoms with Crippen molar-refractivity contribution in [3.05, 3.63) is 0 Å². The zero-order chi connectivity index (χ0) is 4.50. The van der Waals surface area contributed by atoms with Crippen LogP contribution in [0.25, 0.3) is 0 Å². The predicted octanol–water partition coefficient (Wildman–Crippen LogP) is -1.29. The van der Waals surface area contributed by atoms with Crippen LogP contribution in [0.4, 0.5) is 0 Å². The molecule has 5 heteroatoms. The molecule has 0 amide bonds. The van der Waals surface area contributed by atoms with Crippen molar-refractivity contribution in [3.63, 3.8) is 0 Å². The summed E-state index contributed by atoms with van der Waals surface area (Å²) in [5.41, 5.74) is 0. The van der Waals surface area contributed by atoms with Gasteiger partial charge < -0.3 is 0 Å². The Labute approximate surface area is 37.6 Å². The van der Waals surface area contributed by atoms with E-state index in [9.17, 15) is 4.57 Å². The van der Waals surface area contributed by atoms with E-state index in [0.717, 1.165) is 0 Å². The molecule has 1 unspecified atom stereocenters. The summed E-state index contributed by atoms with van der Waals surface area (Å²) in [6, 6.07) is 0. The van der Waals surface area contributed by atoms with Gasteiger partial charge in [0.25, 0.3) is 0 Å². The van der Waals surface area contributed by atoms with Gasteiger partial charge in [0.1, 0.15) is 0 Å². The maximum atomic E-state index is 9.35. The molecule has 0 aromatic rings. The van der Waals surface area contributed by atoms with E-state index in [-0.39, 0.29) is 0 Å². The van der Waals surface area contributed by atoms with Crippen LogP contribution in [0.1, 0.15) is 0 Å². The molecule has 0 radical (unpaired) electrons. The second kappa shape index (κ2) is 1.44. The second-order valence-corrected chi connectivity index (χ2v) is 6.00. The fourth-order valence-electron chi connectivity index (χ4n) is 0. The first kappa shape index (κ1) is 5.71. The van der Waals surface area contributed by atoms with Crippen LogP contribution in [0.2, 0.25) is 0 Å². The van der Waals surface area contributed by atoms with Gasteiger partial charge >= 0.3 is 36.9 Å². The van der Waals surface area contributed by atoms with Crippen molar-refractivity contribution in [1.82, 2.24) is 0 Å². The fraction of sp³-hybridized carbons (Fsp3) is 0. The molecule has 0 bridgehead atoms. The molecule has 0 aliphatic rings. The Morgan fingerprint density at radius 1 is 1.60 bits per heavy atom. The second-order valence-electron chi connectivity index (χ2n) is 0.589. The van der Waals surface area contributed by atoms with E-state index < -0.39 is 6.16 Å². The van der Waals surface area contributed by atoms with Gasteiger partial charge in [-0.2, -0.15) is 0 Å². The van der Waals surface area contributed by atoms with Crippen LogP contribution in [0.15, 0.2) is 0 Å². The summed E-state index contributed by atoms with van der Waals surface area (Å²) in [4.78, 5) is 15.3. The molecule has 0 rings (SSSR count). The molecule has 32 valence electrons. The minimum absolute atomic E-state index is 0.458. The third-order valence-electron chi connectivity index (χ3n) is 0. The molecule has 0 saturated carbocycles. The first-order chi connectivity index (χ1) is 2.00. The Hall–Kier alpha value is 0.708. The van der Waals surface area contributed by atoms with Gasteiger partial charge in [0.2, 0.25) is 0 Å². The average molecular weight is 158 g/mol. The normalized spacial score (nSPS) is 11.8. The first-order valence-electron chi connectivity index (χ1n) is 0.841. The third kappa shape index (κ3) is 68.8. The Morgan fingerprint density at radius 2 is 1.60 bits per heavy atom. The minimum atomic E-state index is -3.58. The van der Waals surface area contributed by atoms with Gasteiger partial charge in [-0.1, -0.05) is 0 Å². The van der Waals surface area contributed by atoms with Crippen LogP contribution in [0.3, 0.4) is 0 Å². The van der Waals surface area contributed by atoms with Crippen LogP contribution < -0.4 is 0 Å². The molecule has 5 heavy (non-hydrogen) atoms. The molecule has 0 aliphatic carbocycles. The Morgan fingerprint density at radius 3 is 1.60 bits per heavy atom. The Balaban J connectivity index is 3.47. The van der Waals surface area contributed by atoms with Crippen molar-refractivity contribution < 1.29 is 14.4 Å². The summed E-state index contributed by atoms with van der Waals surface area (Å²) >= 11 is 0.458. The van der Waals surface area contributed by atoms with Crippen LogP contribution in [-0.4, -0.2) is 26.2 Å². The molecule has 0 aliphatic heterocycles. The van der Waals surface area contributed by atoms with Crippen LogP contribution in [-0.2, 0) is 4.57 Å². The molecule has 0 saturated heterocycles. The van der Waals surface area contributed by atoms with Crippen molar-refractivity contribution in [3.8, 4) is 0 Å². The number of hydrogen-bond acceptors (Lipinski definition) is 1. The van der Waals surface area contributed by atoms with E-state index >= 15 is 0 Å². The SMILES string of the molecule is O=P(O)(O)[AsH2]. The number of rotatable bonds is 0. The van der Waals surface area contributed by atoms with Crippen molar-refractivity contribution in [2.75, 3.05) is 0 Å². The monoisotopic (exact) mass is 158 g/mol. The van der Waals surface area contributed by atoms with Gasteiger partial charge in [-0.25, -0.2) is 0 Å². The maximum absolute atomic E-state index is 9.35. The Bertz CT molecular complexity index is 53.0.